The Labute approximate surface area is 76.8 Å². The van der Waals surface area contributed by atoms with Crippen LogP contribution in [0.4, 0.5) is 0 Å². The maximum absolute atomic E-state index is 5.83. The maximum Gasteiger partial charge on any atom is 0.0797 e. The highest BCUT2D eigenvalue weighted by molar-refractivity contribution is 4.70. The molecule has 2 N–H and O–H groups in total. The predicted molar refractivity (Wildman–Crippen MR) is 45.8 cm³/mol. The molecular weight excluding hydrogens is 160 g/mol. The lowest BCUT2D eigenvalue weighted by molar-refractivity contribution is -0.870. The number of hydrogen-bond donors (Lipinski definition) is 1. The lowest BCUT2D eigenvalue weighted by Gasteiger charge is -2.28. The molecule has 0 rings (SSSR count). The fourth-order valence-corrected chi connectivity index (χ4v) is 0.624. The van der Waals surface area contributed by atoms with Gasteiger partial charge >= 0.3 is 0 Å². The largest absolute Gasteiger partial charge is 1.00 e. The Bertz CT molecular complexity index is 85.6. The third-order valence-corrected chi connectivity index (χ3v) is 1.43. The van der Waals surface area contributed by atoms with Gasteiger partial charge in [0.05, 0.1) is 27.7 Å². The first kappa shape index (κ1) is 13.8. The van der Waals surface area contributed by atoms with Gasteiger partial charge in [-0.05, 0) is 13.8 Å². The molecule has 2 nitrogen and oxygen atoms in total. The Morgan fingerprint density at radius 1 is 1.18 bits per heavy atom. The van der Waals surface area contributed by atoms with E-state index in [1.165, 1.54) is 0 Å². The second-order valence-corrected chi connectivity index (χ2v) is 4.75. The normalized spacial score (nSPS) is 12.5. The Kier molecular flexibility index (Phi) is 5.37. The van der Waals surface area contributed by atoms with Crippen LogP contribution in [0.15, 0.2) is 0 Å². The lowest BCUT2D eigenvalue weighted by atomic mass is 10.0. The molecule has 0 amide bonds. The van der Waals surface area contributed by atoms with Gasteiger partial charge < -0.3 is 22.6 Å². The van der Waals surface area contributed by atoms with Crippen LogP contribution < -0.4 is 18.1 Å². The highest BCUT2D eigenvalue weighted by Gasteiger charge is 2.15. The van der Waals surface area contributed by atoms with Crippen LogP contribution >= 0.6 is 0 Å². The molecule has 0 aromatic rings. The van der Waals surface area contributed by atoms with Gasteiger partial charge in [0.2, 0.25) is 0 Å². The first-order valence-electron chi connectivity index (χ1n) is 3.80. The zero-order chi connectivity index (χ0) is 8.41. The Hall–Kier alpha value is 0.210. The molecule has 0 spiro atoms. The van der Waals surface area contributed by atoms with Crippen LogP contribution in [0, 0.1) is 0 Å². The van der Waals surface area contributed by atoms with Crippen LogP contribution in [0.1, 0.15) is 20.3 Å². The number of halogens is 1. The average Bonchev–Trinajstić information content (AvgIpc) is 1.57. The summed E-state index contributed by atoms with van der Waals surface area (Å²) in [6.07, 6.45) is 1.08. The second-order valence-electron chi connectivity index (χ2n) is 4.75. The van der Waals surface area contributed by atoms with E-state index in [1.807, 2.05) is 0 Å². The monoisotopic (exact) mass is 180 g/mol. The Balaban J connectivity index is 0. The van der Waals surface area contributed by atoms with E-state index in [-0.39, 0.29) is 17.9 Å². The molecule has 0 saturated heterocycles. The van der Waals surface area contributed by atoms with Crippen LogP contribution in [0.3, 0.4) is 0 Å². The number of nitrogens with two attached hydrogens (primary N) is 1. The summed E-state index contributed by atoms with van der Waals surface area (Å²) in [5.41, 5.74) is 5.82. The van der Waals surface area contributed by atoms with Crippen molar-refractivity contribution >= 4 is 0 Å². The summed E-state index contributed by atoms with van der Waals surface area (Å²) in [6, 6.07) is 0. The summed E-state index contributed by atoms with van der Waals surface area (Å²) < 4.78 is 1.00. The average molecular weight is 181 g/mol. The quantitative estimate of drug-likeness (QED) is 0.492. The molecule has 70 valence electrons. The minimum atomic E-state index is -0.00840. The molecular formula is C8H21ClN2. The summed E-state index contributed by atoms with van der Waals surface area (Å²) in [5, 5.41) is 0. The van der Waals surface area contributed by atoms with E-state index in [0.29, 0.717) is 0 Å². The minimum Gasteiger partial charge on any atom is -1.00 e. The molecule has 0 aliphatic rings. The first-order chi connectivity index (χ1) is 4.21. The van der Waals surface area contributed by atoms with Crippen molar-refractivity contribution in [1.82, 2.24) is 0 Å². The molecule has 0 aliphatic heterocycles. The Morgan fingerprint density at radius 3 is 1.64 bits per heavy atom. The number of rotatable bonds is 3. The van der Waals surface area contributed by atoms with Gasteiger partial charge in [-0.15, -0.1) is 0 Å². The molecule has 0 aromatic carbocycles. The van der Waals surface area contributed by atoms with Crippen molar-refractivity contribution in [3.8, 4) is 0 Å². The van der Waals surface area contributed by atoms with Crippen LogP contribution in [0.25, 0.3) is 0 Å². The summed E-state index contributed by atoms with van der Waals surface area (Å²) in [6.45, 7) is 5.29. The fraction of sp³-hybridized carbons (Fsp3) is 1.00. The van der Waals surface area contributed by atoms with Gasteiger partial charge in [-0.25, -0.2) is 0 Å². The van der Waals surface area contributed by atoms with Gasteiger partial charge in [-0.2, -0.15) is 0 Å². The topological polar surface area (TPSA) is 26.0 Å². The van der Waals surface area contributed by atoms with Crippen molar-refractivity contribution in [3.63, 3.8) is 0 Å². The molecule has 0 aliphatic carbocycles. The van der Waals surface area contributed by atoms with Gasteiger partial charge in [-0.3, -0.25) is 0 Å². The SMILES string of the molecule is CC(C)(N)CC[N+](C)(C)C.[Cl-]. The minimum absolute atomic E-state index is 0. The molecule has 3 heteroatoms. The highest BCUT2D eigenvalue weighted by atomic mass is 35.5. The molecule has 0 fully saturated rings. The third-order valence-electron chi connectivity index (χ3n) is 1.43. The van der Waals surface area contributed by atoms with Crippen molar-refractivity contribution in [3.05, 3.63) is 0 Å². The molecule has 0 radical (unpaired) electrons. The standard InChI is InChI=1S/C8H21N2.ClH/c1-8(2,9)6-7-10(3,4)5;/h6-7,9H2,1-5H3;1H/q+1;/p-1. The maximum atomic E-state index is 5.83. The molecule has 0 atom stereocenters. The van der Waals surface area contributed by atoms with Gasteiger partial charge in [-0.1, -0.05) is 0 Å². The molecule has 0 aromatic heterocycles. The van der Waals surface area contributed by atoms with E-state index >= 15 is 0 Å². The Morgan fingerprint density at radius 2 is 1.55 bits per heavy atom. The van der Waals surface area contributed by atoms with Crippen molar-refractivity contribution in [1.29, 1.82) is 0 Å². The van der Waals surface area contributed by atoms with Gasteiger partial charge in [0.1, 0.15) is 0 Å². The zero-order valence-electron chi connectivity index (χ0n) is 8.32. The number of hydrogen-bond acceptors (Lipinski definition) is 1. The van der Waals surface area contributed by atoms with Gasteiger partial charge in [0, 0.05) is 12.0 Å². The molecule has 0 bridgehead atoms. The van der Waals surface area contributed by atoms with E-state index < -0.39 is 0 Å². The number of quaternary nitrogens is 1. The molecule has 0 heterocycles. The van der Waals surface area contributed by atoms with E-state index in [1.54, 1.807) is 0 Å². The predicted octanol–water partition coefficient (Wildman–Crippen LogP) is -2.18. The van der Waals surface area contributed by atoms with Crippen molar-refractivity contribution in [2.75, 3.05) is 27.7 Å². The third kappa shape index (κ3) is 13.2. The van der Waals surface area contributed by atoms with Crippen molar-refractivity contribution in [2.24, 2.45) is 5.73 Å². The summed E-state index contributed by atoms with van der Waals surface area (Å²) in [5.74, 6) is 0. The number of nitrogens with zero attached hydrogens (tertiary/aromatic N) is 1. The van der Waals surface area contributed by atoms with E-state index in [0.717, 1.165) is 17.4 Å². The van der Waals surface area contributed by atoms with Gasteiger partial charge in [0.25, 0.3) is 0 Å². The van der Waals surface area contributed by atoms with Crippen LogP contribution in [0.5, 0.6) is 0 Å². The summed E-state index contributed by atoms with van der Waals surface area (Å²) in [7, 11) is 6.56. The lowest BCUT2D eigenvalue weighted by Crippen LogP contribution is -3.00. The molecule has 0 saturated carbocycles. The van der Waals surface area contributed by atoms with Crippen molar-refractivity contribution < 1.29 is 16.9 Å². The molecule has 0 unspecified atom stereocenters. The van der Waals surface area contributed by atoms with Crippen LogP contribution in [0.2, 0.25) is 0 Å². The highest BCUT2D eigenvalue weighted by Crippen LogP contribution is 2.05. The smallest absolute Gasteiger partial charge is 0.0797 e. The summed E-state index contributed by atoms with van der Waals surface area (Å²) in [4.78, 5) is 0. The van der Waals surface area contributed by atoms with Gasteiger partial charge in [0.15, 0.2) is 0 Å². The van der Waals surface area contributed by atoms with E-state index in [2.05, 4.69) is 35.0 Å². The zero-order valence-corrected chi connectivity index (χ0v) is 9.07. The van der Waals surface area contributed by atoms with Crippen molar-refractivity contribution in [2.45, 2.75) is 25.8 Å². The van der Waals surface area contributed by atoms with Crippen LogP contribution in [-0.4, -0.2) is 37.7 Å². The second kappa shape index (κ2) is 4.29. The van der Waals surface area contributed by atoms with E-state index in [9.17, 15) is 0 Å². The van der Waals surface area contributed by atoms with E-state index in [4.69, 9.17) is 5.73 Å². The molecule has 11 heavy (non-hydrogen) atoms. The van der Waals surface area contributed by atoms with Crippen LogP contribution in [-0.2, 0) is 0 Å². The first-order valence-corrected chi connectivity index (χ1v) is 3.80. The fourth-order valence-electron chi connectivity index (χ4n) is 0.624. The summed E-state index contributed by atoms with van der Waals surface area (Å²) >= 11 is 0.